The number of benzene rings is 3. The molecule has 4 rings (SSSR count). The maximum Gasteiger partial charge on any atom is 0.230 e. The van der Waals surface area contributed by atoms with Crippen molar-refractivity contribution in [3.8, 4) is 5.75 Å². The molecule has 1 aliphatic carbocycles. The first-order valence-electron chi connectivity index (χ1n) is 9.73. The molecule has 0 bridgehead atoms. The highest BCUT2D eigenvalue weighted by Crippen LogP contribution is 2.41. The average Bonchev–Trinajstić information content (AvgIpc) is 3.23. The van der Waals surface area contributed by atoms with Crippen LogP contribution in [0.2, 0.25) is 0 Å². The summed E-state index contributed by atoms with van der Waals surface area (Å²) in [6, 6.07) is 24.5. The highest BCUT2D eigenvalue weighted by molar-refractivity contribution is 5.88. The molecule has 0 atom stereocenters. The van der Waals surface area contributed by atoms with E-state index >= 15 is 0 Å². The summed E-state index contributed by atoms with van der Waals surface area (Å²) in [6.07, 6.45) is 4.06. The van der Waals surface area contributed by atoms with Crippen LogP contribution >= 0.6 is 0 Å². The van der Waals surface area contributed by atoms with E-state index in [-0.39, 0.29) is 11.3 Å². The van der Waals surface area contributed by atoms with Crippen molar-refractivity contribution in [1.29, 1.82) is 0 Å². The van der Waals surface area contributed by atoms with Gasteiger partial charge in [0, 0.05) is 0 Å². The zero-order chi connectivity index (χ0) is 18.5. The van der Waals surface area contributed by atoms with Gasteiger partial charge >= 0.3 is 0 Å². The zero-order valence-electron chi connectivity index (χ0n) is 15.5. The van der Waals surface area contributed by atoms with E-state index in [9.17, 15) is 4.79 Å². The van der Waals surface area contributed by atoms with E-state index in [4.69, 9.17) is 4.74 Å². The smallest absolute Gasteiger partial charge is 0.230 e. The van der Waals surface area contributed by atoms with Crippen LogP contribution in [0.3, 0.4) is 0 Å². The lowest BCUT2D eigenvalue weighted by Crippen LogP contribution is -2.43. The Balaban J connectivity index is 1.35. The Morgan fingerprint density at radius 3 is 2.37 bits per heavy atom. The van der Waals surface area contributed by atoms with Crippen LogP contribution in [0.15, 0.2) is 72.8 Å². The minimum absolute atomic E-state index is 0.133. The normalized spacial score (nSPS) is 15.6. The number of carbonyl (C=O) groups is 1. The summed E-state index contributed by atoms with van der Waals surface area (Å²) in [5.41, 5.74) is 0.764. The number of hydrogen-bond acceptors (Lipinski definition) is 2. The van der Waals surface area contributed by atoms with Crippen molar-refractivity contribution in [3.05, 3.63) is 78.4 Å². The molecule has 0 radical (unpaired) electrons. The Labute approximate surface area is 160 Å². The first-order valence-corrected chi connectivity index (χ1v) is 9.73. The topological polar surface area (TPSA) is 38.3 Å². The van der Waals surface area contributed by atoms with E-state index in [0.717, 1.165) is 42.4 Å². The SMILES string of the molecule is O=C(NCCOc1ccc2ccccc2c1)C1(c2ccccc2)CCCC1. The second-order valence-corrected chi connectivity index (χ2v) is 7.27. The second kappa shape index (κ2) is 7.83. The number of amides is 1. The van der Waals surface area contributed by atoms with Crippen molar-refractivity contribution < 1.29 is 9.53 Å². The summed E-state index contributed by atoms with van der Waals surface area (Å²) < 4.78 is 5.85. The van der Waals surface area contributed by atoms with Gasteiger partial charge < -0.3 is 10.1 Å². The van der Waals surface area contributed by atoms with Gasteiger partial charge in [0.25, 0.3) is 0 Å². The molecule has 0 aromatic heterocycles. The molecule has 1 N–H and O–H groups in total. The number of carbonyl (C=O) groups excluding carboxylic acids is 1. The molecule has 1 aliphatic rings. The molecule has 0 spiro atoms. The van der Waals surface area contributed by atoms with Crippen molar-refractivity contribution >= 4 is 16.7 Å². The van der Waals surface area contributed by atoms with Gasteiger partial charge in [-0.2, -0.15) is 0 Å². The van der Waals surface area contributed by atoms with E-state index < -0.39 is 0 Å². The summed E-state index contributed by atoms with van der Waals surface area (Å²) in [4.78, 5) is 13.0. The van der Waals surface area contributed by atoms with Crippen LogP contribution in [0.5, 0.6) is 5.75 Å². The number of fused-ring (bicyclic) bond motifs is 1. The lowest BCUT2D eigenvalue weighted by Gasteiger charge is -2.28. The van der Waals surface area contributed by atoms with Gasteiger partial charge in [-0.25, -0.2) is 0 Å². The molecule has 3 aromatic carbocycles. The molecular weight excluding hydrogens is 334 g/mol. The molecule has 1 amide bonds. The van der Waals surface area contributed by atoms with E-state index in [1.807, 2.05) is 42.5 Å². The van der Waals surface area contributed by atoms with E-state index in [1.165, 1.54) is 5.39 Å². The van der Waals surface area contributed by atoms with Gasteiger partial charge in [-0.05, 0) is 41.3 Å². The molecule has 1 fully saturated rings. The lowest BCUT2D eigenvalue weighted by atomic mass is 9.78. The van der Waals surface area contributed by atoms with Crippen LogP contribution in [0, 0.1) is 0 Å². The van der Waals surface area contributed by atoms with Crippen LogP contribution in [-0.2, 0) is 10.2 Å². The quantitative estimate of drug-likeness (QED) is 0.639. The van der Waals surface area contributed by atoms with Crippen molar-refractivity contribution in [1.82, 2.24) is 5.32 Å². The minimum atomic E-state index is -0.371. The number of ether oxygens (including phenoxy) is 1. The van der Waals surface area contributed by atoms with Gasteiger partial charge in [0.15, 0.2) is 0 Å². The Bertz CT molecular complexity index is 914. The van der Waals surface area contributed by atoms with Crippen LogP contribution in [0.1, 0.15) is 31.2 Å². The number of rotatable bonds is 6. The van der Waals surface area contributed by atoms with Crippen molar-refractivity contribution in [2.24, 2.45) is 0 Å². The largest absolute Gasteiger partial charge is 0.492 e. The summed E-state index contributed by atoms with van der Waals surface area (Å²) >= 11 is 0. The molecular formula is C24H25NO2. The summed E-state index contributed by atoms with van der Waals surface area (Å²) in [6.45, 7) is 0.981. The zero-order valence-corrected chi connectivity index (χ0v) is 15.5. The summed E-state index contributed by atoms with van der Waals surface area (Å²) in [5, 5.41) is 5.47. The third-order valence-corrected chi connectivity index (χ3v) is 5.60. The van der Waals surface area contributed by atoms with Crippen LogP contribution in [0.4, 0.5) is 0 Å². The first-order chi connectivity index (χ1) is 13.3. The highest BCUT2D eigenvalue weighted by Gasteiger charge is 2.42. The van der Waals surface area contributed by atoms with E-state index in [0.29, 0.717) is 13.2 Å². The van der Waals surface area contributed by atoms with Gasteiger partial charge in [-0.3, -0.25) is 4.79 Å². The van der Waals surface area contributed by atoms with Crippen molar-refractivity contribution in [2.75, 3.05) is 13.2 Å². The predicted molar refractivity (Wildman–Crippen MR) is 109 cm³/mol. The van der Waals surface area contributed by atoms with E-state index in [2.05, 4.69) is 35.6 Å². The van der Waals surface area contributed by atoms with Crippen molar-refractivity contribution in [2.45, 2.75) is 31.1 Å². The fraction of sp³-hybridized carbons (Fsp3) is 0.292. The molecule has 138 valence electrons. The maximum atomic E-state index is 13.0. The van der Waals surface area contributed by atoms with Gasteiger partial charge in [0.1, 0.15) is 12.4 Å². The molecule has 3 aromatic rings. The number of nitrogens with one attached hydrogen (secondary N) is 1. The molecule has 3 nitrogen and oxygen atoms in total. The molecule has 3 heteroatoms. The molecule has 27 heavy (non-hydrogen) atoms. The molecule has 0 heterocycles. The Hall–Kier alpha value is -2.81. The van der Waals surface area contributed by atoms with Gasteiger partial charge in [-0.15, -0.1) is 0 Å². The minimum Gasteiger partial charge on any atom is -0.492 e. The standard InChI is InChI=1S/C24H25NO2/c26-23(24(14-6-7-15-24)21-10-2-1-3-11-21)25-16-17-27-22-13-12-19-8-4-5-9-20(19)18-22/h1-5,8-13,18H,6-7,14-17H2,(H,25,26). The predicted octanol–water partition coefficient (Wildman–Crippen LogP) is 4.85. The Morgan fingerprint density at radius 1 is 0.889 bits per heavy atom. The highest BCUT2D eigenvalue weighted by atomic mass is 16.5. The monoisotopic (exact) mass is 359 g/mol. The fourth-order valence-corrected chi connectivity index (χ4v) is 4.14. The first kappa shape index (κ1) is 17.6. The molecule has 1 saturated carbocycles. The summed E-state index contributed by atoms with van der Waals surface area (Å²) in [5.74, 6) is 0.967. The molecule has 0 aliphatic heterocycles. The third kappa shape index (κ3) is 3.68. The third-order valence-electron chi connectivity index (χ3n) is 5.60. The number of hydrogen-bond donors (Lipinski definition) is 1. The Kier molecular flexibility index (Phi) is 5.10. The summed E-state index contributed by atoms with van der Waals surface area (Å²) in [7, 11) is 0. The maximum absolute atomic E-state index is 13.0. The van der Waals surface area contributed by atoms with Crippen LogP contribution < -0.4 is 10.1 Å². The van der Waals surface area contributed by atoms with E-state index in [1.54, 1.807) is 0 Å². The van der Waals surface area contributed by atoms with Gasteiger partial charge in [-0.1, -0.05) is 73.5 Å². The average molecular weight is 359 g/mol. The van der Waals surface area contributed by atoms with Crippen molar-refractivity contribution in [3.63, 3.8) is 0 Å². The molecule has 0 unspecified atom stereocenters. The van der Waals surface area contributed by atoms with Gasteiger partial charge in [0.05, 0.1) is 12.0 Å². The second-order valence-electron chi connectivity index (χ2n) is 7.27. The molecule has 0 saturated heterocycles. The lowest BCUT2D eigenvalue weighted by molar-refractivity contribution is -0.126. The van der Waals surface area contributed by atoms with Gasteiger partial charge in [0.2, 0.25) is 5.91 Å². The Morgan fingerprint density at radius 2 is 1.59 bits per heavy atom. The fourth-order valence-electron chi connectivity index (χ4n) is 4.14. The van der Waals surface area contributed by atoms with Crippen LogP contribution in [0.25, 0.3) is 10.8 Å². The van der Waals surface area contributed by atoms with Crippen LogP contribution in [-0.4, -0.2) is 19.1 Å².